The summed E-state index contributed by atoms with van der Waals surface area (Å²) in [6, 6.07) is 14.1. The Balaban J connectivity index is 1.56. The van der Waals surface area contributed by atoms with Crippen molar-refractivity contribution in [3.8, 4) is 0 Å². The van der Waals surface area contributed by atoms with E-state index in [2.05, 4.69) is 34.5 Å². The lowest BCUT2D eigenvalue weighted by Crippen LogP contribution is -2.51. The highest BCUT2D eigenvalue weighted by atomic mass is 32.2. The van der Waals surface area contributed by atoms with Crippen LogP contribution in [0.3, 0.4) is 0 Å². The Morgan fingerprint density at radius 3 is 2.19 bits per heavy atom. The summed E-state index contributed by atoms with van der Waals surface area (Å²) in [5.41, 5.74) is 3.05. The summed E-state index contributed by atoms with van der Waals surface area (Å²) in [6.45, 7) is 5.76. The van der Waals surface area contributed by atoms with Gasteiger partial charge in [-0.05, 0) is 48.9 Å². The van der Waals surface area contributed by atoms with Crippen LogP contribution in [0.5, 0.6) is 0 Å². The van der Waals surface area contributed by atoms with Crippen molar-refractivity contribution in [3.05, 3.63) is 59.7 Å². The van der Waals surface area contributed by atoms with Crippen molar-refractivity contribution in [2.45, 2.75) is 35.4 Å². The molecule has 0 spiro atoms. The van der Waals surface area contributed by atoms with Crippen LogP contribution in [0.1, 0.15) is 22.8 Å². The zero-order valence-corrected chi connectivity index (χ0v) is 18.1. The molecule has 2 aromatic rings. The molecular weight excluding hydrogens is 418 g/mol. The van der Waals surface area contributed by atoms with E-state index in [9.17, 15) is 14.7 Å². The van der Waals surface area contributed by atoms with E-state index in [4.69, 9.17) is 9.94 Å². The quantitative estimate of drug-likeness (QED) is 0.361. The van der Waals surface area contributed by atoms with Crippen molar-refractivity contribution in [2.75, 3.05) is 26.3 Å². The van der Waals surface area contributed by atoms with E-state index in [0.717, 1.165) is 42.6 Å². The first kappa shape index (κ1) is 23.2. The monoisotopic (exact) mass is 445 g/mol. The number of aliphatic hydroxyl groups excluding tert-OH is 1. The predicted molar refractivity (Wildman–Crippen MR) is 116 cm³/mol. The lowest BCUT2D eigenvalue weighted by molar-refractivity contribution is -0.133. The summed E-state index contributed by atoms with van der Waals surface area (Å²) in [5.74, 6) is -1.40. The minimum atomic E-state index is -1.25. The highest BCUT2D eigenvalue weighted by Crippen LogP contribution is 2.28. The van der Waals surface area contributed by atoms with Gasteiger partial charge in [-0.3, -0.25) is 19.7 Å². The molecule has 0 unspecified atom stereocenters. The maximum Gasteiger partial charge on any atom is 0.268 e. The predicted octanol–water partition coefficient (Wildman–Crippen LogP) is 1.65. The maximum absolute atomic E-state index is 12.3. The van der Waals surface area contributed by atoms with Crippen molar-refractivity contribution in [3.63, 3.8) is 0 Å². The first-order valence-electron chi connectivity index (χ1n) is 10.1. The molecule has 0 saturated carbocycles. The maximum atomic E-state index is 12.3. The van der Waals surface area contributed by atoms with Crippen LogP contribution in [-0.4, -0.2) is 65.5 Å². The fourth-order valence-corrected chi connectivity index (χ4v) is 4.01. The first-order valence-corrected chi connectivity index (χ1v) is 10.9. The second-order valence-electron chi connectivity index (χ2n) is 7.33. The van der Waals surface area contributed by atoms with Crippen LogP contribution in [0.2, 0.25) is 0 Å². The van der Waals surface area contributed by atoms with Gasteiger partial charge in [0.25, 0.3) is 11.8 Å². The number of hydroxylamine groups is 1. The number of morpholine rings is 1. The number of hydrogen-bond donors (Lipinski definition) is 4. The Labute approximate surface area is 185 Å². The van der Waals surface area contributed by atoms with Crippen molar-refractivity contribution in [2.24, 2.45) is 0 Å². The number of hydrogen-bond acceptors (Lipinski definition) is 7. The second kappa shape index (κ2) is 11.3. The van der Waals surface area contributed by atoms with Crippen LogP contribution in [0.15, 0.2) is 58.3 Å². The van der Waals surface area contributed by atoms with Crippen molar-refractivity contribution < 1.29 is 24.6 Å². The van der Waals surface area contributed by atoms with Gasteiger partial charge in [0, 0.05) is 35.0 Å². The third-order valence-electron chi connectivity index (χ3n) is 4.95. The largest absolute Gasteiger partial charge is 0.391 e. The Bertz CT molecular complexity index is 868. The molecule has 4 N–H and O–H groups in total. The third kappa shape index (κ3) is 6.78. The number of rotatable bonds is 8. The number of aliphatic hydroxyl groups is 1. The van der Waals surface area contributed by atoms with E-state index in [0.29, 0.717) is 5.56 Å². The molecule has 0 aliphatic carbocycles. The summed E-state index contributed by atoms with van der Waals surface area (Å²) in [6.07, 6.45) is -1.16. The smallest absolute Gasteiger partial charge is 0.268 e. The standard InChI is InChI=1S/C22H27N3O5S/c1-15(26)20(22(28)24-29)23-21(27)17-4-8-19(9-5-17)31-18-6-2-16(3-7-18)14-25-10-12-30-13-11-25/h2-9,15,20,26,29H,10-14H2,1H3,(H,23,27)(H,24,28)/t15-,20+/m1/s1. The highest BCUT2D eigenvalue weighted by Gasteiger charge is 2.25. The van der Waals surface area contributed by atoms with Gasteiger partial charge in [-0.1, -0.05) is 23.9 Å². The minimum absolute atomic E-state index is 0.349. The van der Waals surface area contributed by atoms with Crippen LogP contribution in [0.4, 0.5) is 0 Å². The van der Waals surface area contributed by atoms with Crippen LogP contribution < -0.4 is 10.8 Å². The van der Waals surface area contributed by atoms with Gasteiger partial charge in [-0.15, -0.1) is 0 Å². The minimum Gasteiger partial charge on any atom is -0.391 e. The number of nitrogens with zero attached hydrogens (tertiary/aromatic N) is 1. The molecule has 1 heterocycles. The fraction of sp³-hybridized carbons (Fsp3) is 0.364. The molecule has 166 valence electrons. The Hall–Kier alpha value is -2.43. The summed E-state index contributed by atoms with van der Waals surface area (Å²) >= 11 is 1.59. The average Bonchev–Trinajstić information content (AvgIpc) is 2.79. The second-order valence-corrected chi connectivity index (χ2v) is 8.47. The third-order valence-corrected chi connectivity index (χ3v) is 5.96. The van der Waals surface area contributed by atoms with E-state index < -0.39 is 24.0 Å². The molecule has 8 nitrogen and oxygen atoms in total. The van der Waals surface area contributed by atoms with Gasteiger partial charge in [0.1, 0.15) is 6.04 Å². The molecule has 2 atom stereocenters. The average molecular weight is 446 g/mol. The van der Waals surface area contributed by atoms with Gasteiger partial charge in [-0.2, -0.15) is 0 Å². The molecule has 2 amide bonds. The van der Waals surface area contributed by atoms with Gasteiger partial charge in [0.2, 0.25) is 0 Å². The van der Waals surface area contributed by atoms with Gasteiger partial charge >= 0.3 is 0 Å². The molecule has 31 heavy (non-hydrogen) atoms. The molecule has 1 aliphatic rings. The molecule has 3 rings (SSSR count). The number of carbonyl (C=O) groups excluding carboxylic acids is 2. The number of amides is 2. The van der Waals surface area contributed by atoms with Crippen LogP contribution in [-0.2, 0) is 16.1 Å². The van der Waals surface area contributed by atoms with Gasteiger partial charge in [0.05, 0.1) is 19.3 Å². The molecule has 0 aromatic heterocycles. The van der Waals surface area contributed by atoms with Crippen molar-refractivity contribution >= 4 is 23.6 Å². The molecule has 2 aromatic carbocycles. The van der Waals surface area contributed by atoms with Crippen LogP contribution >= 0.6 is 11.8 Å². The van der Waals surface area contributed by atoms with Gasteiger partial charge in [-0.25, -0.2) is 5.48 Å². The molecule has 9 heteroatoms. The van der Waals surface area contributed by atoms with E-state index >= 15 is 0 Å². The van der Waals surface area contributed by atoms with Crippen molar-refractivity contribution in [1.29, 1.82) is 0 Å². The number of ether oxygens (including phenoxy) is 1. The lowest BCUT2D eigenvalue weighted by atomic mass is 10.1. The van der Waals surface area contributed by atoms with Gasteiger partial charge < -0.3 is 15.2 Å². The number of benzene rings is 2. The zero-order chi connectivity index (χ0) is 22.2. The highest BCUT2D eigenvalue weighted by molar-refractivity contribution is 7.99. The van der Waals surface area contributed by atoms with Crippen LogP contribution in [0.25, 0.3) is 0 Å². The Kier molecular flexibility index (Phi) is 8.44. The Morgan fingerprint density at radius 2 is 1.65 bits per heavy atom. The normalized spacial score (nSPS) is 16.4. The molecule has 1 saturated heterocycles. The molecule has 1 fully saturated rings. The molecule has 0 radical (unpaired) electrons. The van der Waals surface area contributed by atoms with E-state index in [1.165, 1.54) is 18.0 Å². The van der Waals surface area contributed by atoms with Gasteiger partial charge in [0.15, 0.2) is 0 Å². The summed E-state index contributed by atoms with van der Waals surface area (Å²) in [5, 5.41) is 20.8. The molecule has 0 bridgehead atoms. The van der Waals surface area contributed by atoms with E-state index in [1.54, 1.807) is 23.9 Å². The SMILES string of the molecule is C[C@@H](O)[C@H](NC(=O)c1ccc(Sc2ccc(CN3CCOCC3)cc2)cc1)C(=O)NO. The summed E-state index contributed by atoms with van der Waals surface area (Å²) in [7, 11) is 0. The summed E-state index contributed by atoms with van der Waals surface area (Å²) in [4.78, 5) is 28.4. The van der Waals surface area contributed by atoms with E-state index in [-0.39, 0.29) is 0 Å². The Morgan fingerprint density at radius 1 is 1.06 bits per heavy atom. The first-order chi connectivity index (χ1) is 15.0. The molecule has 1 aliphatic heterocycles. The lowest BCUT2D eigenvalue weighted by Gasteiger charge is -2.26. The van der Waals surface area contributed by atoms with Crippen molar-refractivity contribution in [1.82, 2.24) is 15.7 Å². The zero-order valence-electron chi connectivity index (χ0n) is 17.3. The number of carbonyl (C=O) groups is 2. The topological polar surface area (TPSA) is 111 Å². The van der Waals surface area contributed by atoms with E-state index in [1.807, 2.05) is 12.1 Å². The molecular formula is C22H27N3O5S. The number of nitrogens with one attached hydrogen (secondary N) is 2. The summed E-state index contributed by atoms with van der Waals surface area (Å²) < 4.78 is 5.38. The fourth-order valence-electron chi connectivity index (χ4n) is 3.19. The van der Waals surface area contributed by atoms with Crippen LogP contribution in [0, 0.1) is 0 Å².